The first-order chi connectivity index (χ1) is 9.22. The van der Waals surface area contributed by atoms with Gasteiger partial charge in [0.05, 0.1) is 22.6 Å². The van der Waals surface area contributed by atoms with Crippen LogP contribution in [0.2, 0.25) is 0 Å². The third-order valence-corrected chi connectivity index (χ3v) is 8.29. The Bertz CT molecular complexity index is 563. The largest absolute Gasteiger partial charge is 0.387 e. The van der Waals surface area contributed by atoms with E-state index in [-0.39, 0.29) is 36.1 Å². The monoisotopic (exact) mass is 323 g/mol. The Kier molecular flexibility index (Phi) is 4.41. The molecule has 0 saturated carbocycles. The molecular weight excluding hydrogens is 302 g/mol. The number of sulfonamides is 1. The maximum Gasteiger partial charge on any atom is 0.217 e. The van der Waals surface area contributed by atoms with Gasteiger partial charge in [0.1, 0.15) is 9.84 Å². The molecule has 2 heterocycles. The number of amidine groups is 1. The highest BCUT2D eigenvalue weighted by molar-refractivity contribution is 7.92. The molecule has 7 nitrogen and oxygen atoms in total. The van der Waals surface area contributed by atoms with Gasteiger partial charge in [0.25, 0.3) is 0 Å². The first-order valence-electron chi connectivity index (χ1n) is 6.76. The lowest BCUT2D eigenvalue weighted by molar-refractivity contribution is 0.310. The first-order valence-corrected chi connectivity index (χ1v) is 10.1. The van der Waals surface area contributed by atoms with Crippen LogP contribution >= 0.6 is 0 Å². The predicted molar refractivity (Wildman–Crippen MR) is 76.8 cm³/mol. The average Bonchev–Trinajstić information content (AvgIpc) is 2.38. The zero-order valence-corrected chi connectivity index (χ0v) is 12.9. The van der Waals surface area contributed by atoms with Crippen molar-refractivity contribution in [3.63, 3.8) is 0 Å². The Morgan fingerprint density at radius 3 is 2.05 bits per heavy atom. The standard InChI is InChI=1S/C11H21N3O4S2/c12-11(13)9-1-5-14(6-2-9)20(17,18)10-3-7-19(15,16)8-4-10/h9-10H,1-8H2,(H3,12,13). The summed E-state index contributed by atoms with van der Waals surface area (Å²) in [5.41, 5.74) is 5.44. The predicted octanol–water partition coefficient (Wildman–Crippen LogP) is -0.459. The molecule has 0 amide bonds. The Morgan fingerprint density at radius 2 is 1.60 bits per heavy atom. The quantitative estimate of drug-likeness (QED) is 0.538. The highest BCUT2D eigenvalue weighted by atomic mass is 32.2. The summed E-state index contributed by atoms with van der Waals surface area (Å²) in [4.78, 5) is 0. The van der Waals surface area contributed by atoms with Crippen LogP contribution in [0.3, 0.4) is 0 Å². The molecule has 0 aliphatic carbocycles. The maximum absolute atomic E-state index is 12.5. The lowest BCUT2D eigenvalue weighted by Crippen LogP contribution is -2.47. The number of nitrogens with two attached hydrogens (primary N) is 1. The van der Waals surface area contributed by atoms with E-state index < -0.39 is 25.1 Å². The number of hydrogen-bond donors (Lipinski definition) is 2. The minimum atomic E-state index is -3.43. The van der Waals surface area contributed by atoms with Crippen LogP contribution in [0.5, 0.6) is 0 Å². The molecule has 0 aromatic rings. The van der Waals surface area contributed by atoms with Crippen molar-refractivity contribution >= 4 is 25.7 Å². The van der Waals surface area contributed by atoms with E-state index in [4.69, 9.17) is 11.1 Å². The van der Waals surface area contributed by atoms with Crippen molar-refractivity contribution in [1.82, 2.24) is 4.31 Å². The van der Waals surface area contributed by atoms with Crippen molar-refractivity contribution in [2.45, 2.75) is 30.9 Å². The highest BCUT2D eigenvalue weighted by Crippen LogP contribution is 2.26. The number of nitrogens with zero attached hydrogens (tertiary/aromatic N) is 1. The third kappa shape index (κ3) is 3.32. The van der Waals surface area contributed by atoms with E-state index in [1.165, 1.54) is 4.31 Å². The third-order valence-electron chi connectivity index (χ3n) is 4.18. The van der Waals surface area contributed by atoms with Gasteiger partial charge >= 0.3 is 0 Å². The average molecular weight is 323 g/mol. The molecule has 2 saturated heterocycles. The summed E-state index contributed by atoms with van der Waals surface area (Å²) in [6.07, 6.45) is 1.52. The molecule has 0 radical (unpaired) electrons. The van der Waals surface area contributed by atoms with Crippen molar-refractivity contribution in [3.8, 4) is 0 Å². The topological polar surface area (TPSA) is 121 Å². The second kappa shape index (κ2) is 5.61. The van der Waals surface area contributed by atoms with Gasteiger partial charge in [0, 0.05) is 19.0 Å². The van der Waals surface area contributed by atoms with E-state index in [9.17, 15) is 16.8 Å². The minimum absolute atomic E-state index is 0.0341. The molecule has 2 aliphatic rings. The van der Waals surface area contributed by atoms with E-state index >= 15 is 0 Å². The summed E-state index contributed by atoms with van der Waals surface area (Å²) in [5, 5.41) is 6.81. The number of sulfone groups is 1. The molecule has 9 heteroatoms. The lowest BCUT2D eigenvalue weighted by atomic mass is 9.97. The number of nitrogens with one attached hydrogen (secondary N) is 1. The first kappa shape index (κ1) is 15.7. The molecule has 0 atom stereocenters. The summed E-state index contributed by atoms with van der Waals surface area (Å²) in [6.45, 7) is 0.742. The Morgan fingerprint density at radius 1 is 1.10 bits per heavy atom. The summed E-state index contributed by atoms with van der Waals surface area (Å²) in [5.74, 6) is 0.000668. The number of hydrogen-bond acceptors (Lipinski definition) is 5. The fourth-order valence-corrected chi connectivity index (χ4v) is 6.56. The molecule has 0 spiro atoms. The zero-order valence-electron chi connectivity index (χ0n) is 11.3. The van der Waals surface area contributed by atoms with Crippen LogP contribution in [-0.4, -0.2) is 56.8 Å². The second-order valence-corrected chi connectivity index (χ2v) is 10.0. The van der Waals surface area contributed by atoms with Gasteiger partial charge in [-0.3, -0.25) is 5.41 Å². The maximum atomic E-state index is 12.5. The van der Waals surface area contributed by atoms with Crippen LogP contribution in [0.15, 0.2) is 0 Å². The zero-order chi connectivity index (χ0) is 15.0. The van der Waals surface area contributed by atoms with Crippen LogP contribution < -0.4 is 5.73 Å². The van der Waals surface area contributed by atoms with Crippen LogP contribution in [0.1, 0.15) is 25.7 Å². The van der Waals surface area contributed by atoms with Gasteiger partial charge in [0.15, 0.2) is 0 Å². The lowest BCUT2D eigenvalue weighted by Gasteiger charge is -2.34. The Labute approximate surface area is 120 Å². The van der Waals surface area contributed by atoms with E-state index in [1.807, 2.05) is 0 Å². The van der Waals surface area contributed by atoms with E-state index in [0.717, 1.165) is 0 Å². The van der Waals surface area contributed by atoms with Crippen molar-refractivity contribution in [1.29, 1.82) is 5.41 Å². The van der Waals surface area contributed by atoms with Gasteiger partial charge in [-0.1, -0.05) is 0 Å². The summed E-state index contributed by atoms with van der Waals surface area (Å²) < 4.78 is 49.1. The molecule has 2 aliphatic heterocycles. The normalized spacial score (nSPS) is 26.4. The van der Waals surface area contributed by atoms with Crippen LogP contribution in [-0.2, 0) is 19.9 Å². The molecule has 3 N–H and O–H groups in total. The van der Waals surface area contributed by atoms with Crippen molar-refractivity contribution in [3.05, 3.63) is 0 Å². The van der Waals surface area contributed by atoms with Gasteiger partial charge in [-0.2, -0.15) is 0 Å². The highest BCUT2D eigenvalue weighted by Gasteiger charge is 2.38. The molecule has 2 rings (SSSR count). The molecule has 116 valence electrons. The van der Waals surface area contributed by atoms with E-state index in [1.54, 1.807) is 0 Å². The molecular formula is C11H21N3O4S2. The van der Waals surface area contributed by atoms with Gasteiger partial charge in [-0.05, 0) is 25.7 Å². The fraction of sp³-hybridized carbons (Fsp3) is 0.909. The molecule has 20 heavy (non-hydrogen) atoms. The van der Waals surface area contributed by atoms with Crippen molar-refractivity contribution in [2.75, 3.05) is 24.6 Å². The number of piperidine rings is 1. The molecule has 0 aromatic carbocycles. The smallest absolute Gasteiger partial charge is 0.217 e. The Hall–Kier alpha value is -0.670. The molecule has 0 bridgehead atoms. The van der Waals surface area contributed by atoms with E-state index in [2.05, 4.69) is 0 Å². The summed E-state index contributed by atoms with van der Waals surface area (Å²) >= 11 is 0. The SMILES string of the molecule is N=C(N)C1CCN(S(=O)(=O)C2CCS(=O)(=O)CC2)CC1. The van der Waals surface area contributed by atoms with Crippen LogP contribution in [0.25, 0.3) is 0 Å². The van der Waals surface area contributed by atoms with Gasteiger partial charge < -0.3 is 5.73 Å². The molecule has 0 aromatic heterocycles. The fourth-order valence-electron chi connectivity index (χ4n) is 2.80. The summed E-state index contributed by atoms with van der Waals surface area (Å²) in [7, 11) is -6.48. The Balaban J connectivity index is 2.00. The van der Waals surface area contributed by atoms with Gasteiger partial charge in [-0.25, -0.2) is 21.1 Å². The van der Waals surface area contributed by atoms with Gasteiger partial charge in [-0.15, -0.1) is 0 Å². The van der Waals surface area contributed by atoms with Crippen LogP contribution in [0.4, 0.5) is 0 Å². The van der Waals surface area contributed by atoms with Crippen molar-refractivity contribution in [2.24, 2.45) is 11.7 Å². The van der Waals surface area contributed by atoms with Crippen LogP contribution in [0, 0.1) is 11.3 Å². The van der Waals surface area contributed by atoms with E-state index in [0.29, 0.717) is 25.9 Å². The summed E-state index contributed by atoms with van der Waals surface area (Å²) in [6, 6.07) is 0. The molecule has 2 fully saturated rings. The van der Waals surface area contributed by atoms with Gasteiger partial charge in [0.2, 0.25) is 10.0 Å². The molecule has 0 unspecified atom stereocenters. The number of rotatable bonds is 3. The van der Waals surface area contributed by atoms with Crippen molar-refractivity contribution < 1.29 is 16.8 Å². The minimum Gasteiger partial charge on any atom is -0.387 e. The second-order valence-electron chi connectivity index (χ2n) is 5.52.